The summed E-state index contributed by atoms with van der Waals surface area (Å²) in [5, 5.41) is 9.90. The number of halogens is 7. The monoisotopic (exact) mass is 439 g/mol. The molecule has 1 heterocycles. The number of pyridine rings is 1. The van der Waals surface area contributed by atoms with Gasteiger partial charge in [0.2, 0.25) is 5.88 Å². The van der Waals surface area contributed by atoms with Crippen LogP contribution in [0.5, 0.6) is 5.88 Å². The van der Waals surface area contributed by atoms with Crippen LogP contribution < -0.4 is 15.8 Å². The molecule has 1 aromatic heterocycles. The molecule has 0 aliphatic carbocycles. The summed E-state index contributed by atoms with van der Waals surface area (Å²) in [5.74, 6) is -2.49. The number of methoxy groups -OCH3 is 1. The number of anilines is 1. The van der Waals surface area contributed by atoms with Crippen molar-refractivity contribution in [1.82, 2.24) is 10.3 Å². The lowest BCUT2D eigenvalue weighted by atomic mass is 10.1. The molecular formula is C14H16ClF6N3O4. The maximum atomic E-state index is 13.2. The summed E-state index contributed by atoms with van der Waals surface area (Å²) in [6.07, 6.45) is -10.1. The van der Waals surface area contributed by atoms with Gasteiger partial charge in [-0.1, -0.05) is 11.6 Å². The first-order valence-corrected chi connectivity index (χ1v) is 7.76. The maximum Gasteiger partial charge on any atom is 0.423 e. The van der Waals surface area contributed by atoms with Crippen molar-refractivity contribution in [2.24, 2.45) is 0 Å². The number of nitrogens with two attached hydrogens (primary N) is 1. The summed E-state index contributed by atoms with van der Waals surface area (Å²) < 4.78 is 87.0. The van der Waals surface area contributed by atoms with E-state index in [0.717, 1.165) is 0 Å². The van der Waals surface area contributed by atoms with Crippen LogP contribution in [0.3, 0.4) is 0 Å². The molecular weight excluding hydrogens is 424 g/mol. The molecule has 28 heavy (non-hydrogen) atoms. The second-order valence-corrected chi connectivity index (χ2v) is 6.04. The Bertz CT molecular complexity index is 724. The average molecular weight is 440 g/mol. The van der Waals surface area contributed by atoms with Gasteiger partial charge in [-0.2, -0.15) is 26.3 Å². The van der Waals surface area contributed by atoms with Crippen LogP contribution in [-0.4, -0.2) is 54.6 Å². The summed E-state index contributed by atoms with van der Waals surface area (Å²) in [6, 6.07) is 0. The van der Waals surface area contributed by atoms with Gasteiger partial charge in [0.1, 0.15) is 12.2 Å². The zero-order chi connectivity index (χ0) is 21.9. The lowest BCUT2D eigenvalue weighted by Crippen LogP contribution is -2.51. The first-order chi connectivity index (χ1) is 12.6. The van der Waals surface area contributed by atoms with E-state index < -0.39 is 64.9 Å². The van der Waals surface area contributed by atoms with Crippen molar-refractivity contribution in [2.45, 2.75) is 24.9 Å². The number of ether oxygens (including phenoxy) is 2. The number of nitrogen functional groups attached to an aromatic ring is 1. The van der Waals surface area contributed by atoms with Gasteiger partial charge >= 0.3 is 12.4 Å². The minimum atomic E-state index is -5.08. The van der Waals surface area contributed by atoms with E-state index in [1.165, 1.54) is 7.11 Å². The number of carbonyl (C=O) groups is 1. The van der Waals surface area contributed by atoms with Gasteiger partial charge in [0, 0.05) is 7.11 Å². The molecule has 0 spiro atoms. The molecule has 0 aliphatic heterocycles. The fourth-order valence-electron chi connectivity index (χ4n) is 1.73. The molecule has 160 valence electrons. The highest BCUT2D eigenvalue weighted by Gasteiger charge is 2.50. The van der Waals surface area contributed by atoms with Gasteiger partial charge in [-0.15, -0.1) is 0 Å². The van der Waals surface area contributed by atoms with Crippen molar-refractivity contribution in [2.75, 3.05) is 32.6 Å². The number of rotatable bonds is 7. The third-order valence-corrected chi connectivity index (χ3v) is 3.76. The number of nitrogens with zero attached hydrogens (tertiary/aromatic N) is 1. The molecule has 0 bridgehead atoms. The number of nitrogens with one attached hydrogen (secondary N) is 1. The van der Waals surface area contributed by atoms with E-state index in [9.17, 15) is 36.2 Å². The fraction of sp³-hybridized carbons (Fsp3) is 0.571. The molecule has 14 heteroatoms. The Kier molecular flexibility index (Phi) is 7.36. The molecule has 1 atom stereocenters. The van der Waals surface area contributed by atoms with Crippen LogP contribution in [0.15, 0.2) is 0 Å². The first-order valence-electron chi connectivity index (χ1n) is 7.38. The zero-order valence-electron chi connectivity index (χ0n) is 14.5. The van der Waals surface area contributed by atoms with Crippen LogP contribution in [0.4, 0.5) is 32.0 Å². The molecule has 7 nitrogen and oxygen atoms in total. The largest absolute Gasteiger partial charge is 0.475 e. The smallest absolute Gasteiger partial charge is 0.423 e. The third-order valence-electron chi connectivity index (χ3n) is 3.37. The molecule has 1 aromatic rings. The molecule has 1 amide bonds. The number of carbonyl (C=O) groups excluding carboxylic acids is 1. The van der Waals surface area contributed by atoms with Gasteiger partial charge < -0.3 is 25.6 Å². The maximum absolute atomic E-state index is 13.2. The predicted octanol–water partition coefficient (Wildman–Crippen LogP) is 2.40. The van der Waals surface area contributed by atoms with E-state index in [1.54, 1.807) is 5.32 Å². The number of hydrogen-bond donors (Lipinski definition) is 3. The van der Waals surface area contributed by atoms with Gasteiger partial charge in [0.05, 0.1) is 23.9 Å². The van der Waals surface area contributed by atoms with Gasteiger partial charge in [0.15, 0.2) is 11.3 Å². The number of aromatic nitrogens is 1. The average Bonchev–Trinajstić information content (AvgIpc) is 2.53. The van der Waals surface area contributed by atoms with Crippen LogP contribution in [0.2, 0.25) is 5.02 Å². The second kappa shape index (κ2) is 8.57. The zero-order valence-corrected chi connectivity index (χ0v) is 15.2. The Hall–Kier alpha value is -1.99. The molecule has 1 rings (SSSR count). The van der Waals surface area contributed by atoms with Crippen LogP contribution >= 0.6 is 11.6 Å². The van der Waals surface area contributed by atoms with Crippen LogP contribution in [0.1, 0.15) is 23.0 Å². The molecule has 0 radical (unpaired) electrons. The summed E-state index contributed by atoms with van der Waals surface area (Å²) in [7, 11) is 1.25. The normalized spacial score (nSPS) is 14.5. The van der Waals surface area contributed by atoms with Crippen molar-refractivity contribution in [3.63, 3.8) is 0 Å². The number of aliphatic hydroxyl groups is 1. The van der Waals surface area contributed by atoms with Crippen molar-refractivity contribution in [3.05, 3.63) is 16.3 Å². The van der Waals surface area contributed by atoms with Crippen LogP contribution in [0.25, 0.3) is 0 Å². The number of alkyl halides is 6. The van der Waals surface area contributed by atoms with E-state index in [4.69, 9.17) is 22.1 Å². The molecule has 1 unspecified atom stereocenters. The molecule has 0 fully saturated rings. The predicted molar refractivity (Wildman–Crippen MR) is 85.0 cm³/mol. The van der Waals surface area contributed by atoms with Gasteiger partial charge in [0.25, 0.3) is 5.91 Å². The highest BCUT2D eigenvalue weighted by molar-refractivity contribution is 6.34. The summed E-state index contributed by atoms with van der Waals surface area (Å²) >= 11 is 5.60. The molecule has 0 aliphatic rings. The fourth-order valence-corrected chi connectivity index (χ4v) is 2.01. The molecule has 0 saturated heterocycles. The summed E-state index contributed by atoms with van der Waals surface area (Å²) in [4.78, 5) is 15.4. The Balaban J connectivity index is 3.27. The number of hydrogen-bond acceptors (Lipinski definition) is 6. The molecule has 4 N–H and O–H groups in total. The quantitative estimate of drug-likeness (QED) is 0.445. The van der Waals surface area contributed by atoms with Gasteiger partial charge in [-0.25, -0.2) is 4.98 Å². The second-order valence-electron chi connectivity index (χ2n) is 5.66. The minimum Gasteiger partial charge on any atom is -0.475 e. The Morgan fingerprint density at radius 1 is 1.25 bits per heavy atom. The lowest BCUT2D eigenvalue weighted by Gasteiger charge is -2.26. The minimum absolute atomic E-state index is 0.128. The van der Waals surface area contributed by atoms with Crippen molar-refractivity contribution < 1.29 is 45.7 Å². The first kappa shape index (κ1) is 24.0. The highest BCUT2D eigenvalue weighted by Crippen LogP contribution is 2.43. The van der Waals surface area contributed by atoms with Crippen molar-refractivity contribution in [1.29, 1.82) is 0 Å². The van der Waals surface area contributed by atoms with Crippen LogP contribution in [-0.2, 0) is 10.9 Å². The standard InChI is InChI=1S/C14H16ClF6N3O4/c1-12(26,14(19,20)21)5-23-10(25)9-8(22)7(15)6(13(16,17)18)11(24-9)28-4-3-27-2/h26H,3-5,22H2,1-2H3,(H,23,25). The summed E-state index contributed by atoms with van der Waals surface area (Å²) in [6.45, 7) is -1.44. The van der Waals surface area contributed by atoms with E-state index in [0.29, 0.717) is 6.92 Å². The third kappa shape index (κ3) is 5.52. The lowest BCUT2D eigenvalue weighted by molar-refractivity contribution is -0.249. The van der Waals surface area contributed by atoms with Crippen molar-refractivity contribution >= 4 is 23.2 Å². The van der Waals surface area contributed by atoms with Gasteiger partial charge in [-0.05, 0) is 6.92 Å². The Morgan fingerprint density at radius 3 is 2.29 bits per heavy atom. The van der Waals surface area contributed by atoms with Crippen LogP contribution in [0, 0.1) is 0 Å². The Labute approximate surface area is 159 Å². The molecule has 0 saturated carbocycles. The van der Waals surface area contributed by atoms with Gasteiger partial charge in [-0.3, -0.25) is 4.79 Å². The highest BCUT2D eigenvalue weighted by atomic mass is 35.5. The van der Waals surface area contributed by atoms with E-state index >= 15 is 0 Å². The Morgan fingerprint density at radius 2 is 1.82 bits per heavy atom. The molecule has 0 aromatic carbocycles. The van der Waals surface area contributed by atoms with E-state index in [2.05, 4.69) is 9.72 Å². The van der Waals surface area contributed by atoms with E-state index in [-0.39, 0.29) is 6.61 Å². The number of amides is 1. The topological polar surface area (TPSA) is 107 Å². The van der Waals surface area contributed by atoms with E-state index in [1.807, 2.05) is 0 Å². The SMILES string of the molecule is COCCOc1nc(C(=O)NCC(C)(O)C(F)(F)F)c(N)c(Cl)c1C(F)(F)F. The van der Waals surface area contributed by atoms with Crippen molar-refractivity contribution in [3.8, 4) is 5.88 Å². The summed E-state index contributed by atoms with van der Waals surface area (Å²) in [5.41, 5.74) is -1.26.